The van der Waals surface area contributed by atoms with Gasteiger partial charge in [0.15, 0.2) is 0 Å². The number of ether oxygens (including phenoxy) is 2. The highest BCUT2D eigenvalue weighted by Gasteiger charge is 2.17. The molecular formula is C20H19ClN2O3. The van der Waals surface area contributed by atoms with Crippen LogP contribution in [-0.2, 0) is 11.3 Å². The number of rotatable bonds is 6. The van der Waals surface area contributed by atoms with Gasteiger partial charge in [0.25, 0.3) is 0 Å². The lowest BCUT2D eigenvalue weighted by Gasteiger charge is -2.07. The number of aromatic nitrogens is 2. The number of halogens is 1. The highest BCUT2D eigenvalue weighted by Crippen LogP contribution is 2.23. The van der Waals surface area contributed by atoms with Gasteiger partial charge in [-0.3, -0.25) is 4.68 Å². The van der Waals surface area contributed by atoms with E-state index in [1.807, 2.05) is 36.4 Å². The van der Waals surface area contributed by atoms with Crippen molar-refractivity contribution in [2.24, 2.45) is 0 Å². The van der Waals surface area contributed by atoms with E-state index in [2.05, 4.69) is 5.10 Å². The van der Waals surface area contributed by atoms with Crippen molar-refractivity contribution < 1.29 is 14.3 Å². The molecule has 0 aliphatic carbocycles. The summed E-state index contributed by atoms with van der Waals surface area (Å²) in [5, 5.41) is 5.24. The molecule has 134 valence electrons. The molecule has 0 saturated carbocycles. The normalized spacial score (nSPS) is 10.6. The Morgan fingerprint density at radius 1 is 1.12 bits per heavy atom. The Bertz CT molecular complexity index is 886. The van der Waals surface area contributed by atoms with E-state index in [1.54, 1.807) is 36.9 Å². The van der Waals surface area contributed by atoms with E-state index < -0.39 is 5.97 Å². The monoisotopic (exact) mass is 370 g/mol. The maximum Gasteiger partial charge on any atom is 0.356 e. The van der Waals surface area contributed by atoms with Gasteiger partial charge in [0, 0.05) is 10.6 Å². The first-order valence-corrected chi connectivity index (χ1v) is 8.62. The van der Waals surface area contributed by atoms with E-state index >= 15 is 0 Å². The topological polar surface area (TPSA) is 53.3 Å². The Labute approximate surface area is 157 Å². The fourth-order valence-electron chi connectivity index (χ4n) is 2.57. The number of esters is 1. The third-order valence-corrected chi connectivity index (χ3v) is 4.15. The summed E-state index contributed by atoms with van der Waals surface area (Å²) in [6.07, 6.45) is 0. The van der Waals surface area contributed by atoms with Crippen LogP contribution in [0, 0.1) is 0 Å². The average molecular weight is 371 g/mol. The molecule has 0 unspecified atom stereocenters. The molecule has 0 N–H and O–H groups in total. The van der Waals surface area contributed by atoms with Crippen LogP contribution in [-0.4, -0.2) is 29.5 Å². The van der Waals surface area contributed by atoms with Crippen LogP contribution >= 0.6 is 11.6 Å². The molecule has 5 nitrogen and oxygen atoms in total. The largest absolute Gasteiger partial charge is 0.497 e. The zero-order valence-electron chi connectivity index (χ0n) is 14.6. The first-order valence-electron chi connectivity index (χ1n) is 8.24. The SMILES string of the molecule is CCOC(=O)c1cc(-c2ccc(Cl)cc2)nn1Cc1ccc(OC)cc1. The van der Waals surface area contributed by atoms with Gasteiger partial charge in [0.2, 0.25) is 0 Å². The number of nitrogens with zero attached hydrogens (tertiary/aromatic N) is 2. The van der Waals surface area contributed by atoms with E-state index in [4.69, 9.17) is 21.1 Å². The van der Waals surface area contributed by atoms with Crippen molar-refractivity contribution in [3.8, 4) is 17.0 Å². The third kappa shape index (κ3) is 4.06. The molecule has 0 spiro atoms. The first-order chi connectivity index (χ1) is 12.6. The van der Waals surface area contributed by atoms with Gasteiger partial charge in [-0.25, -0.2) is 4.79 Å². The van der Waals surface area contributed by atoms with Crippen molar-refractivity contribution in [2.75, 3.05) is 13.7 Å². The molecular weight excluding hydrogens is 352 g/mol. The molecule has 0 bridgehead atoms. The summed E-state index contributed by atoms with van der Waals surface area (Å²) in [4.78, 5) is 12.3. The number of carbonyl (C=O) groups excluding carboxylic acids is 1. The summed E-state index contributed by atoms with van der Waals surface area (Å²) in [7, 11) is 1.62. The molecule has 26 heavy (non-hydrogen) atoms. The van der Waals surface area contributed by atoms with Crippen molar-refractivity contribution in [1.82, 2.24) is 9.78 Å². The van der Waals surface area contributed by atoms with E-state index in [1.165, 1.54) is 0 Å². The van der Waals surface area contributed by atoms with Gasteiger partial charge >= 0.3 is 5.97 Å². The minimum absolute atomic E-state index is 0.308. The lowest BCUT2D eigenvalue weighted by Crippen LogP contribution is -2.14. The number of hydrogen-bond acceptors (Lipinski definition) is 4. The van der Waals surface area contributed by atoms with Crippen LogP contribution in [0.15, 0.2) is 54.6 Å². The third-order valence-electron chi connectivity index (χ3n) is 3.90. The summed E-state index contributed by atoms with van der Waals surface area (Å²) in [5.41, 5.74) is 2.99. The second kappa shape index (κ2) is 8.06. The van der Waals surface area contributed by atoms with Gasteiger partial charge in [-0.15, -0.1) is 0 Å². The Balaban J connectivity index is 1.95. The minimum atomic E-state index is -0.395. The molecule has 3 aromatic rings. The van der Waals surface area contributed by atoms with E-state index in [0.717, 1.165) is 16.9 Å². The molecule has 0 saturated heterocycles. The van der Waals surface area contributed by atoms with Gasteiger partial charge in [-0.05, 0) is 42.8 Å². The molecule has 0 aliphatic rings. The summed E-state index contributed by atoms with van der Waals surface area (Å²) < 4.78 is 12.0. The number of hydrogen-bond donors (Lipinski definition) is 0. The Morgan fingerprint density at radius 3 is 2.42 bits per heavy atom. The fraction of sp³-hybridized carbons (Fsp3) is 0.200. The van der Waals surface area contributed by atoms with Crippen molar-refractivity contribution in [2.45, 2.75) is 13.5 Å². The van der Waals surface area contributed by atoms with Crippen molar-refractivity contribution >= 4 is 17.6 Å². The van der Waals surface area contributed by atoms with Crippen LogP contribution in [0.5, 0.6) is 5.75 Å². The second-order valence-electron chi connectivity index (χ2n) is 5.65. The highest BCUT2D eigenvalue weighted by atomic mass is 35.5. The average Bonchev–Trinajstić information content (AvgIpc) is 3.07. The zero-order valence-corrected chi connectivity index (χ0v) is 15.4. The van der Waals surface area contributed by atoms with E-state index in [9.17, 15) is 4.79 Å². The van der Waals surface area contributed by atoms with Gasteiger partial charge in [-0.1, -0.05) is 35.9 Å². The van der Waals surface area contributed by atoms with Crippen LogP contribution in [0.4, 0.5) is 0 Å². The van der Waals surface area contributed by atoms with Gasteiger partial charge in [0.1, 0.15) is 11.4 Å². The molecule has 2 aromatic carbocycles. The fourth-order valence-corrected chi connectivity index (χ4v) is 2.70. The standard InChI is InChI=1S/C20H19ClN2O3/c1-3-26-20(24)19-12-18(15-6-8-16(21)9-7-15)22-23(19)13-14-4-10-17(25-2)11-5-14/h4-12H,3,13H2,1-2H3. The molecule has 0 amide bonds. The smallest absolute Gasteiger partial charge is 0.356 e. The Morgan fingerprint density at radius 2 is 1.81 bits per heavy atom. The molecule has 0 radical (unpaired) electrons. The molecule has 0 aliphatic heterocycles. The van der Waals surface area contributed by atoms with Gasteiger partial charge in [-0.2, -0.15) is 5.10 Å². The maximum atomic E-state index is 12.3. The Kier molecular flexibility index (Phi) is 5.58. The number of benzene rings is 2. The molecule has 0 atom stereocenters. The maximum absolute atomic E-state index is 12.3. The summed E-state index contributed by atoms with van der Waals surface area (Å²) in [6.45, 7) is 2.54. The molecule has 3 rings (SSSR count). The van der Waals surface area contributed by atoms with E-state index in [-0.39, 0.29) is 0 Å². The molecule has 1 aromatic heterocycles. The molecule has 6 heteroatoms. The second-order valence-corrected chi connectivity index (χ2v) is 6.08. The van der Waals surface area contributed by atoms with Crippen LogP contribution in [0.2, 0.25) is 5.02 Å². The molecule has 0 fully saturated rings. The lowest BCUT2D eigenvalue weighted by molar-refractivity contribution is 0.0512. The van der Waals surface area contributed by atoms with Crippen molar-refractivity contribution in [1.29, 1.82) is 0 Å². The summed E-state index contributed by atoms with van der Waals surface area (Å²) in [6, 6.07) is 16.7. The van der Waals surface area contributed by atoms with E-state index in [0.29, 0.717) is 29.6 Å². The van der Waals surface area contributed by atoms with Crippen LogP contribution in [0.3, 0.4) is 0 Å². The predicted octanol–water partition coefficient (Wildman–Crippen LogP) is 4.44. The minimum Gasteiger partial charge on any atom is -0.497 e. The predicted molar refractivity (Wildman–Crippen MR) is 101 cm³/mol. The summed E-state index contributed by atoms with van der Waals surface area (Å²) in [5.74, 6) is 0.385. The molecule has 1 heterocycles. The summed E-state index contributed by atoms with van der Waals surface area (Å²) >= 11 is 5.95. The van der Waals surface area contributed by atoms with Crippen molar-refractivity contribution in [3.05, 3.63) is 70.9 Å². The first kappa shape index (κ1) is 18.0. The van der Waals surface area contributed by atoms with Gasteiger partial charge < -0.3 is 9.47 Å². The zero-order chi connectivity index (χ0) is 18.5. The van der Waals surface area contributed by atoms with Crippen LogP contribution < -0.4 is 4.74 Å². The van der Waals surface area contributed by atoms with Crippen molar-refractivity contribution in [3.63, 3.8) is 0 Å². The Hall–Kier alpha value is -2.79. The number of carbonyl (C=O) groups is 1. The lowest BCUT2D eigenvalue weighted by atomic mass is 10.1. The van der Waals surface area contributed by atoms with Crippen LogP contribution in [0.1, 0.15) is 23.0 Å². The van der Waals surface area contributed by atoms with Crippen LogP contribution in [0.25, 0.3) is 11.3 Å². The van der Waals surface area contributed by atoms with Gasteiger partial charge in [0.05, 0.1) is 26.0 Å². The number of methoxy groups -OCH3 is 1. The highest BCUT2D eigenvalue weighted by molar-refractivity contribution is 6.30. The quantitative estimate of drug-likeness (QED) is 0.602.